The highest BCUT2D eigenvalue weighted by Crippen LogP contribution is 2.40. The van der Waals surface area contributed by atoms with E-state index in [9.17, 15) is 27.6 Å². The summed E-state index contributed by atoms with van der Waals surface area (Å²) in [4.78, 5) is 37.7. The molecule has 3 amide bonds. The SMILES string of the molecule is C[C@H](NC(=O)C[C@H]1Sc2ccc(C(F)(F)F)cc2NC1=O)C(=O)N(C)C. The zero-order valence-electron chi connectivity index (χ0n) is 14.3. The van der Waals surface area contributed by atoms with Gasteiger partial charge in [-0.05, 0) is 25.1 Å². The minimum Gasteiger partial charge on any atom is -0.347 e. The van der Waals surface area contributed by atoms with Gasteiger partial charge in [0.1, 0.15) is 6.04 Å². The fourth-order valence-corrected chi connectivity index (χ4v) is 3.47. The van der Waals surface area contributed by atoms with Crippen molar-refractivity contribution in [3.63, 3.8) is 0 Å². The number of hydrogen-bond acceptors (Lipinski definition) is 4. The zero-order valence-corrected chi connectivity index (χ0v) is 15.1. The number of nitrogens with one attached hydrogen (secondary N) is 2. The number of thioether (sulfide) groups is 1. The summed E-state index contributed by atoms with van der Waals surface area (Å²) in [6.45, 7) is 1.53. The van der Waals surface area contributed by atoms with Gasteiger partial charge in [-0.15, -0.1) is 11.8 Å². The van der Waals surface area contributed by atoms with Crippen LogP contribution in [0.15, 0.2) is 23.1 Å². The molecule has 0 saturated heterocycles. The maximum Gasteiger partial charge on any atom is 0.416 e. The molecule has 1 aliphatic heterocycles. The molecule has 2 atom stereocenters. The van der Waals surface area contributed by atoms with E-state index in [4.69, 9.17) is 0 Å². The molecule has 1 aliphatic rings. The van der Waals surface area contributed by atoms with Crippen LogP contribution in [-0.2, 0) is 20.6 Å². The van der Waals surface area contributed by atoms with E-state index < -0.39 is 34.8 Å². The van der Waals surface area contributed by atoms with E-state index in [1.165, 1.54) is 17.9 Å². The van der Waals surface area contributed by atoms with Crippen LogP contribution in [-0.4, -0.2) is 48.0 Å². The van der Waals surface area contributed by atoms with Gasteiger partial charge in [-0.3, -0.25) is 14.4 Å². The van der Waals surface area contributed by atoms with Gasteiger partial charge < -0.3 is 15.5 Å². The number of halogens is 3. The standard InChI is InChI=1S/C16H18F3N3O3S/c1-8(15(25)22(2)3)20-13(23)7-12-14(24)21-10-6-9(16(17,18)19)4-5-11(10)26-12/h4-6,8,12H,7H2,1-3H3,(H,20,23)(H,21,24)/t8-,12+/m0/s1. The first-order chi connectivity index (χ1) is 12.0. The van der Waals surface area contributed by atoms with Crippen LogP contribution < -0.4 is 10.6 Å². The minimum atomic E-state index is -4.50. The van der Waals surface area contributed by atoms with E-state index in [0.29, 0.717) is 4.90 Å². The van der Waals surface area contributed by atoms with Crippen LogP contribution in [0.4, 0.5) is 18.9 Å². The highest BCUT2D eigenvalue weighted by Gasteiger charge is 2.34. The number of likely N-dealkylation sites (N-methyl/N-ethyl adjacent to an activating group) is 1. The molecule has 26 heavy (non-hydrogen) atoms. The molecule has 6 nitrogen and oxygen atoms in total. The Hall–Kier alpha value is -2.23. The average molecular weight is 389 g/mol. The van der Waals surface area contributed by atoms with Gasteiger partial charge in [-0.25, -0.2) is 0 Å². The summed E-state index contributed by atoms with van der Waals surface area (Å²) >= 11 is 1.02. The molecule has 0 aliphatic carbocycles. The lowest BCUT2D eigenvalue weighted by Crippen LogP contribution is -2.45. The van der Waals surface area contributed by atoms with E-state index >= 15 is 0 Å². The van der Waals surface area contributed by atoms with Crippen molar-refractivity contribution in [2.24, 2.45) is 0 Å². The summed E-state index contributed by atoms with van der Waals surface area (Å²) in [5.74, 6) is -1.33. The Morgan fingerprint density at radius 3 is 2.58 bits per heavy atom. The van der Waals surface area contributed by atoms with Gasteiger partial charge >= 0.3 is 6.18 Å². The minimum absolute atomic E-state index is 0.0719. The van der Waals surface area contributed by atoms with Gasteiger partial charge in [0, 0.05) is 25.4 Å². The molecule has 0 unspecified atom stereocenters. The average Bonchev–Trinajstić information content (AvgIpc) is 2.53. The first kappa shape index (κ1) is 20.1. The molecule has 2 rings (SSSR count). The maximum atomic E-state index is 12.7. The number of rotatable bonds is 4. The summed E-state index contributed by atoms with van der Waals surface area (Å²) in [7, 11) is 3.11. The first-order valence-corrected chi connectivity index (χ1v) is 8.56. The van der Waals surface area contributed by atoms with E-state index in [1.807, 2.05) is 0 Å². The molecule has 0 aromatic heterocycles. The molecule has 1 aromatic rings. The Balaban J connectivity index is 2.04. The maximum absolute atomic E-state index is 12.7. The predicted molar refractivity (Wildman–Crippen MR) is 90.6 cm³/mol. The molecule has 0 fully saturated rings. The molecule has 142 valence electrons. The topological polar surface area (TPSA) is 78.5 Å². The molecular formula is C16H18F3N3O3S. The van der Waals surface area contributed by atoms with Crippen molar-refractivity contribution in [1.29, 1.82) is 0 Å². The van der Waals surface area contributed by atoms with Crippen LogP contribution in [0.2, 0.25) is 0 Å². The summed E-state index contributed by atoms with van der Waals surface area (Å²) in [5, 5.41) is 4.13. The lowest BCUT2D eigenvalue weighted by molar-refractivity contribution is -0.137. The highest BCUT2D eigenvalue weighted by atomic mass is 32.2. The van der Waals surface area contributed by atoms with E-state index in [1.54, 1.807) is 14.1 Å². The van der Waals surface area contributed by atoms with Crippen molar-refractivity contribution in [2.45, 2.75) is 35.7 Å². The number of alkyl halides is 3. The molecular weight excluding hydrogens is 371 g/mol. The van der Waals surface area contributed by atoms with Crippen molar-refractivity contribution in [2.75, 3.05) is 19.4 Å². The Morgan fingerprint density at radius 2 is 2.00 bits per heavy atom. The first-order valence-electron chi connectivity index (χ1n) is 7.68. The fraction of sp³-hybridized carbons (Fsp3) is 0.438. The Morgan fingerprint density at radius 1 is 1.35 bits per heavy atom. The van der Waals surface area contributed by atoms with Crippen LogP contribution in [0.5, 0.6) is 0 Å². The molecule has 1 aromatic carbocycles. The number of amides is 3. The number of benzene rings is 1. The molecule has 0 radical (unpaired) electrons. The van der Waals surface area contributed by atoms with Crippen LogP contribution in [0.1, 0.15) is 18.9 Å². The Labute approximate surface area is 152 Å². The van der Waals surface area contributed by atoms with E-state index in [0.717, 1.165) is 23.9 Å². The Bertz CT molecular complexity index is 737. The second-order valence-corrected chi connectivity index (χ2v) is 7.27. The molecule has 0 saturated carbocycles. The molecule has 0 bridgehead atoms. The zero-order chi connectivity index (χ0) is 19.6. The second kappa shape index (κ2) is 7.56. The smallest absolute Gasteiger partial charge is 0.347 e. The van der Waals surface area contributed by atoms with Crippen LogP contribution in [0, 0.1) is 0 Å². The predicted octanol–water partition coefficient (Wildman–Crippen LogP) is 2.10. The number of carbonyl (C=O) groups excluding carboxylic acids is 3. The quantitative estimate of drug-likeness (QED) is 0.827. The molecule has 2 N–H and O–H groups in total. The van der Waals surface area contributed by atoms with Gasteiger partial charge in [0.15, 0.2) is 0 Å². The summed E-state index contributed by atoms with van der Waals surface area (Å²) in [6.07, 6.45) is -4.70. The van der Waals surface area contributed by atoms with Gasteiger partial charge in [-0.2, -0.15) is 13.2 Å². The van der Waals surface area contributed by atoms with Crippen molar-refractivity contribution < 1.29 is 27.6 Å². The number of anilines is 1. The largest absolute Gasteiger partial charge is 0.416 e. The summed E-state index contributed by atoms with van der Waals surface area (Å²) < 4.78 is 38.2. The highest BCUT2D eigenvalue weighted by molar-refractivity contribution is 8.01. The van der Waals surface area contributed by atoms with Gasteiger partial charge in [0.25, 0.3) is 0 Å². The normalized spacial score (nSPS) is 17.8. The van der Waals surface area contributed by atoms with Crippen molar-refractivity contribution in [1.82, 2.24) is 10.2 Å². The van der Waals surface area contributed by atoms with Crippen molar-refractivity contribution in [3.05, 3.63) is 23.8 Å². The van der Waals surface area contributed by atoms with Gasteiger partial charge in [-0.1, -0.05) is 0 Å². The molecule has 1 heterocycles. The molecule has 10 heteroatoms. The van der Waals surface area contributed by atoms with Crippen LogP contribution in [0.3, 0.4) is 0 Å². The summed E-state index contributed by atoms with van der Waals surface area (Å²) in [5.41, 5.74) is -0.785. The van der Waals surface area contributed by atoms with E-state index in [-0.39, 0.29) is 18.0 Å². The number of nitrogens with zero attached hydrogens (tertiary/aromatic N) is 1. The van der Waals surface area contributed by atoms with Gasteiger partial charge in [0.2, 0.25) is 17.7 Å². The number of carbonyl (C=O) groups is 3. The van der Waals surface area contributed by atoms with Crippen molar-refractivity contribution >= 4 is 35.2 Å². The van der Waals surface area contributed by atoms with Gasteiger partial charge in [0.05, 0.1) is 16.5 Å². The second-order valence-electron chi connectivity index (χ2n) is 6.03. The van der Waals surface area contributed by atoms with E-state index in [2.05, 4.69) is 10.6 Å². The third-order valence-corrected chi connectivity index (χ3v) is 4.96. The third kappa shape index (κ3) is 4.69. The van der Waals surface area contributed by atoms with Crippen LogP contribution >= 0.6 is 11.8 Å². The van der Waals surface area contributed by atoms with Crippen LogP contribution in [0.25, 0.3) is 0 Å². The lowest BCUT2D eigenvalue weighted by atomic mass is 10.1. The third-order valence-electron chi connectivity index (χ3n) is 3.69. The fourth-order valence-electron chi connectivity index (χ4n) is 2.38. The Kier molecular flexibility index (Phi) is 5.84. The van der Waals surface area contributed by atoms with Crippen molar-refractivity contribution in [3.8, 4) is 0 Å². The number of fused-ring (bicyclic) bond motifs is 1. The molecule has 0 spiro atoms. The number of hydrogen-bond donors (Lipinski definition) is 2. The lowest BCUT2D eigenvalue weighted by Gasteiger charge is -2.25. The summed E-state index contributed by atoms with van der Waals surface area (Å²) in [6, 6.07) is 2.33. The monoisotopic (exact) mass is 389 g/mol.